The fraction of sp³-hybridized carbons (Fsp3) is 0.360. The first-order valence-electron chi connectivity index (χ1n) is 11.0. The van der Waals surface area contributed by atoms with Gasteiger partial charge in [0, 0.05) is 12.1 Å². The number of nitrogens with zero attached hydrogens (tertiary/aromatic N) is 2. The van der Waals surface area contributed by atoms with E-state index in [-0.39, 0.29) is 18.9 Å². The van der Waals surface area contributed by atoms with Gasteiger partial charge in [-0.2, -0.15) is 0 Å². The fourth-order valence-electron chi connectivity index (χ4n) is 4.79. The summed E-state index contributed by atoms with van der Waals surface area (Å²) < 4.78 is 5.32. The van der Waals surface area contributed by atoms with Crippen molar-refractivity contribution >= 4 is 23.7 Å². The van der Waals surface area contributed by atoms with Crippen LogP contribution in [0.5, 0.6) is 0 Å². The number of carbonyl (C=O) groups excluding carboxylic acids is 4. The second-order valence-corrected chi connectivity index (χ2v) is 8.01. The molecule has 0 aliphatic carbocycles. The molecular formula is C25H26N2O5. The van der Waals surface area contributed by atoms with Crippen LogP contribution in [0.1, 0.15) is 48.5 Å². The molecule has 2 aliphatic heterocycles. The minimum Gasteiger partial charge on any atom is -0.464 e. The highest BCUT2D eigenvalue weighted by Crippen LogP contribution is 2.55. The number of ketones is 1. The van der Waals surface area contributed by atoms with Crippen molar-refractivity contribution in [3.63, 3.8) is 0 Å². The number of hydrogen-bond donors (Lipinski definition) is 0. The molecule has 2 saturated heterocycles. The summed E-state index contributed by atoms with van der Waals surface area (Å²) in [6, 6.07) is 16.0. The normalized spacial score (nSPS) is 24.2. The maximum Gasteiger partial charge on any atom is 0.342 e. The Morgan fingerprint density at radius 2 is 1.59 bits per heavy atom. The summed E-state index contributed by atoms with van der Waals surface area (Å²) >= 11 is 0. The lowest BCUT2D eigenvalue weighted by atomic mass is 9.63. The molecule has 2 heterocycles. The van der Waals surface area contributed by atoms with Gasteiger partial charge in [-0.05, 0) is 18.9 Å². The van der Waals surface area contributed by atoms with E-state index in [9.17, 15) is 19.2 Å². The second-order valence-electron chi connectivity index (χ2n) is 8.01. The molecule has 4 rings (SSSR count). The summed E-state index contributed by atoms with van der Waals surface area (Å²) in [5.74, 6) is -2.54. The van der Waals surface area contributed by atoms with Gasteiger partial charge in [0.05, 0.1) is 12.5 Å². The van der Waals surface area contributed by atoms with Crippen LogP contribution in [-0.2, 0) is 14.3 Å². The van der Waals surface area contributed by atoms with E-state index >= 15 is 0 Å². The van der Waals surface area contributed by atoms with Gasteiger partial charge in [-0.1, -0.05) is 74.0 Å². The van der Waals surface area contributed by atoms with Crippen molar-refractivity contribution in [2.45, 2.75) is 44.2 Å². The standard InChI is InChI=1S/C25H26N2O5/c1-3-5-16-26-22(29)25(23(30)32-4-2)19(17-12-8-6-9-13-17)20(27(25)24(26)31)21(28)18-14-10-7-11-15-18/h6-15,19-20H,3-5,16H2,1-2H3/t19-,20+,25+/m1/s1. The van der Waals surface area contributed by atoms with E-state index in [1.54, 1.807) is 61.5 Å². The zero-order valence-corrected chi connectivity index (χ0v) is 18.2. The van der Waals surface area contributed by atoms with E-state index in [2.05, 4.69) is 0 Å². The van der Waals surface area contributed by atoms with Crippen molar-refractivity contribution in [1.29, 1.82) is 0 Å². The molecule has 0 N–H and O–H groups in total. The summed E-state index contributed by atoms with van der Waals surface area (Å²) in [6.45, 7) is 3.86. The van der Waals surface area contributed by atoms with Crippen LogP contribution in [-0.4, -0.2) is 58.2 Å². The highest BCUT2D eigenvalue weighted by Gasteiger charge is 2.79. The zero-order chi connectivity index (χ0) is 22.9. The molecule has 2 fully saturated rings. The third kappa shape index (κ3) is 3.03. The molecule has 32 heavy (non-hydrogen) atoms. The van der Waals surface area contributed by atoms with Crippen molar-refractivity contribution < 1.29 is 23.9 Å². The number of unbranched alkanes of at least 4 members (excludes halogenated alkanes) is 1. The summed E-state index contributed by atoms with van der Waals surface area (Å²) in [4.78, 5) is 56.2. The Bertz CT molecular complexity index is 1040. The van der Waals surface area contributed by atoms with Gasteiger partial charge < -0.3 is 4.74 Å². The zero-order valence-electron chi connectivity index (χ0n) is 18.2. The molecule has 2 aliphatic rings. The molecule has 0 saturated carbocycles. The molecule has 2 aromatic rings. The molecule has 0 radical (unpaired) electrons. The van der Waals surface area contributed by atoms with E-state index in [1.165, 1.54) is 0 Å². The lowest BCUT2D eigenvalue weighted by Gasteiger charge is -2.55. The van der Waals surface area contributed by atoms with Gasteiger partial charge in [0.15, 0.2) is 5.78 Å². The summed E-state index contributed by atoms with van der Waals surface area (Å²) in [7, 11) is 0. The van der Waals surface area contributed by atoms with Crippen molar-refractivity contribution in [3.8, 4) is 0 Å². The molecule has 166 valence electrons. The molecule has 2 aromatic carbocycles. The van der Waals surface area contributed by atoms with Crippen LogP contribution in [0.2, 0.25) is 0 Å². The molecule has 7 nitrogen and oxygen atoms in total. The van der Waals surface area contributed by atoms with E-state index in [0.717, 1.165) is 16.2 Å². The number of urea groups is 1. The number of Topliss-reactive ketones (excluding diaryl/α,β-unsaturated/α-hetero) is 1. The number of rotatable bonds is 8. The maximum atomic E-state index is 13.7. The largest absolute Gasteiger partial charge is 0.464 e. The molecule has 3 amide bonds. The molecular weight excluding hydrogens is 408 g/mol. The van der Waals surface area contributed by atoms with Crippen LogP contribution in [0.4, 0.5) is 4.79 Å². The Morgan fingerprint density at radius 1 is 0.969 bits per heavy atom. The third-order valence-electron chi connectivity index (χ3n) is 6.24. The number of esters is 1. The lowest BCUT2D eigenvalue weighted by molar-refractivity contribution is -0.172. The first kappa shape index (κ1) is 21.7. The van der Waals surface area contributed by atoms with Gasteiger partial charge in [-0.3, -0.25) is 19.4 Å². The first-order valence-corrected chi connectivity index (χ1v) is 11.0. The predicted octanol–water partition coefficient (Wildman–Crippen LogP) is 3.40. The van der Waals surface area contributed by atoms with Crippen molar-refractivity contribution in [2.75, 3.05) is 13.2 Å². The summed E-state index contributed by atoms with van der Waals surface area (Å²) in [5.41, 5.74) is -0.801. The van der Waals surface area contributed by atoms with Crippen LogP contribution in [0.25, 0.3) is 0 Å². The molecule has 0 spiro atoms. The Balaban J connectivity index is 1.88. The van der Waals surface area contributed by atoms with Gasteiger partial charge in [-0.25, -0.2) is 9.59 Å². The minimum atomic E-state index is -1.86. The number of ether oxygens (including phenoxy) is 1. The molecule has 0 aromatic heterocycles. The molecule has 7 heteroatoms. The van der Waals surface area contributed by atoms with Gasteiger partial charge in [0.2, 0.25) is 5.54 Å². The monoisotopic (exact) mass is 434 g/mol. The smallest absolute Gasteiger partial charge is 0.342 e. The Hall–Kier alpha value is -3.48. The molecule has 3 atom stereocenters. The van der Waals surface area contributed by atoms with Crippen LogP contribution in [0.3, 0.4) is 0 Å². The third-order valence-corrected chi connectivity index (χ3v) is 6.24. The van der Waals surface area contributed by atoms with E-state index in [1.807, 2.05) is 13.0 Å². The fourth-order valence-corrected chi connectivity index (χ4v) is 4.79. The average molecular weight is 434 g/mol. The Labute approximate surface area is 187 Å². The van der Waals surface area contributed by atoms with Crippen molar-refractivity contribution in [1.82, 2.24) is 9.80 Å². The summed E-state index contributed by atoms with van der Waals surface area (Å²) in [5, 5.41) is 0. The quantitative estimate of drug-likeness (QED) is 0.275. The number of imide groups is 1. The van der Waals surface area contributed by atoms with Crippen LogP contribution in [0.15, 0.2) is 60.7 Å². The van der Waals surface area contributed by atoms with E-state index < -0.39 is 35.4 Å². The number of carbonyl (C=O) groups is 4. The van der Waals surface area contributed by atoms with Crippen molar-refractivity contribution in [2.24, 2.45) is 0 Å². The molecule has 0 bridgehead atoms. The Kier molecular flexibility index (Phi) is 5.82. The molecule has 0 unspecified atom stereocenters. The van der Waals surface area contributed by atoms with Gasteiger partial charge in [0.25, 0.3) is 5.91 Å². The lowest BCUT2D eigenvalue weighted by Crippen LogP contribution is -2.77. The number of amides is 3. The minimum absolute atomic E-state index is 0.0592. The summed E-state index contributed by atoms with van der Waals surface area (Å²) in [6.07, 6.45) is 1.38. The predicted molar refractivity (Wildman–Crippen MR) is 117 cm³/mol. The number of fused-ring (bicyclic) bond motifs is 1. The maximum absolute atomic E-state index is 13.7. The van der Waals surface area contributed by atoms with Crippen LogP contribution >= 0.6 is 0 Å². The SMILES string of the molecule is CCCCN1C(=O)N2[C@H](C(=O)c3ccccc3)[C@@H](c3ccccc3)[C@@]2(C(=O)OCC)C1=O. The van der Waals surface area contributed by atoms with E-state index in [4.69, 9.17) is 4.74 Å². The van der Waals surface area contributed by atoms with Crippen LogP contribution in [0, 0.1) is 0 Å². The van der Waals surface area contributed by atoms with Gasteiger partial charge in [0.1, 0.15) is 6.04 Å². The van der Waals surface area contributed by atoms with Crippen molar-refractivity contribution in [3.05, 3.63) is 71.8 Å². The number of benzene rings is 2. The topological polar surface area (TPSA) is 84.0 Å². The van der Waals surface area contributed by atoms with Gasteiger partial charge in [-0.15, -0.1) is 0 Å². The average Bonchev–Trinajstić information content (AvgIpc) is 2.97. The Morgan fingerprint density at radius 3 is 2.19 bits per heavy atom. The van der Waals surface area contributed by atoms with Gasteiger partial charge >= 0.3 is 12.0 Å². The highest BCUT2D eigenvalue weighted by atomic mass is 16.5. The highest BCUT2D eigenvalue weighted by molar-refractivity contribution is 6.24. The van der Waals surface area contributed by atoms with E-state index in [0.29, 0.717) is 17.5 Å². The van der Waals surface area contributed by atoms with Crippen LogP contribution < -0.4 is 0 Å². The first-order chi connectivity index (χ1) is 15.5. The second kappa shape index (κ2) is 8.57. The number of hydrogen-bond acceptors (Lipinski definition) is 5.